The molecule has 0 N–H and O–H groups in total. The summed E-state index contributed by atoms with van der Waals surface area (Å²) in [4.78, 5) is 2.70. The van der Waals surface area contributed by atoms with Crippen LogP contribution in [0.1, 0.15) is 29.0 Å². The van der Waals surface area contributed by atoms with Gasteiger partial charge in [-0.25, -0.2) is 0 Å². The van der Waals surface area contributed by atoms with E-state index < -0.39 is 0 Å². The summed E-state index contributed by atoms with van der Waals surface area (Å²) < 4.78 is 2.43. The lowest BCUT2D eigenvalue weighted by atomic mass is 9.85. The van der Waals surface area contributed by atoms with E-state index in [0.29, 0.717) is 5.92 Å². The summed E-state index contributed by atoms with van der Waals surface area (Å²) in [6.07, 6.45) is 2.16. The van der Waals surface area contributed by atoms with E-state index in [0.717, 1.165) is 12.8 Å². The number of aromatic nitrogens is 1. The maximum Gasteiger partial charge on any atom is 0.0541 e. The Morgan fingerprint density at radius 2 is 1.12 bits per heavy atom. The summed E-state index contributed by atoms with van der Waals surface area (Å²) in [5.74, 6) is 0.374. The van der Waals surface area contributed by atoms with Crippen LogP contribution < -0.4 is 0 Å². The summed E-state index contributed by atoms with van der Waals surface area (Å²) in [5.41, 5.74) is 18.3. The molecule has 1 aliphatic carbocycles. The summed E-state index contributed by atoms with van der Waals surface area (Å²) in [7, 11) is 0. The highest BCUT2D eigenvalue weighted by Crippen LogP contribution is 2.53. The highest BCUT2D eigenvalue weighted by atomic mass is 32.2. The molecule has 268 valence electrons. The molecule has 1 unspecified atom stereocenters. The van der Waals surface area contributed by atoms with E-state index in [1.807, 2.05) is 11.8 Å². The molecule has 10 aromatic rings. The molecule has 1 aliphatic heterocycles. The van der Waals surface area contributed by atoms with Gasteiger partial charge >= 0.3 is 0 Å². The highest BCUT2D eigenvalue weighted by molar-refractivity contribution is 7.99. The molecule has 2 aliphatic rings. The van der Waals surface area contributed by atoms with Crippen molar-refractivity contribution >= 4 is 44.3 Å². The van der Waals surface area contributed by atoms with Crippen molar-refractivity contribution < 1.29 is 0 Å². The van der Waals surface area contributed by atoms with Gasteiger partial charge < -0.3 is 4.57 Å². The molecule has 0 radical (unpaired) electrons. The molecule has 0 amide bonds. The molecule has 0 spiro atoms. The van der Waals surface area contributed by atoms with Crippen LogP contribution in [0.2, 0.25) is 0 Å². The molecule has 0 fully saturated rings. The van der Waals surface area contributed by atoms with Gasteiger partial charge in [0.2, 0.25) is 0 Å². The largest absolute Gasteiger partial charge is 0.309 e. The Labute approximate surface area is 336 Å². The molecule has 2 heteroatoms. The number of benzene rings is 9. The highest BCUT2D eigenvalue weighted by Gasteiger charge is 2.28. The smallest absolute Gasteiger partial charge is 0.0541 e. The number of hydrogen-bond acceptors (Lipinski definition) is 1. The SMILES string of the molecule is c1ccc(-c2ccc3c(c2)c2ccccc2n3-c2cccc(-c3ccc4c(c3)-c3cccc5c6c(cc(c35)S4)CCC(c3ccccc3)c3ccccc3-6)c2)cc1. The van der Waals surface area contributed by atoms with Gasteiger partial charge in [0.15, 0.2) is 0 Å². The van der Waals surface area contributed by atoms with Crippen LogP contribution in [0.15, 0.2) is 204 Å². The van der Waals surface area contributed by atoms with E-state index in [1.54, 1.807) is 0 Å². The molecule has 12 rings (SSSR count). The number of rotatable bonds is 4. The third-order valence-corrected chi connectivity index (χ3v) is 13.5. The predicted molar refractivity (Wildman–Crippen MR) is 241 cm³/mol. The van der Waals surface area contributed by atoms with Gasteiger partial charge in [-0.15, -0.1) is 0 Å². The monoisotopic (exact) mass is 743 g/mol. The van der Waals surface area contributed by atoms with Gasteiger partial charge in [-0.1, -0.05) is 157 Å². The first-order valence-corrected chi connectivity index (χ1v) is 20.8. The van der Waals surface area contributed by atoms with Gasteiger partial charge in [0.25, 0.3) is 0 Å². The van der Waals surface area contributed by atoms with E-state index in [-0.39, 0.29) is 0 Å². The zero-order chi connectivity index (χ0) is 37.5. The van der Waals surface area contributed by atoms with Crippen LogP contribution in [-0.4, -0.2) is 4.57 Å². The van der Waals surface area contributed by atoms with Gasteiger partial charge in [-0.3, -0.25) is 0 Å². The minimum atomic E-state index is 0.374. The van der Waals surface area contributed by atoms with E-state index in [4.69, 9.17) is 0 Å². The molecule has 1 atom stereocenters. The van der Waals surface area contributed by atoms with Crippen LogP contribution in [0.5, 0.6) is 0 Å². The van der Waals surface area contributed by atoms with Crippen molar-refractivity contribution in [1.82, 2.24) is 4.57 Å². The molecule has 1 nitrogen and oxygen atoms in total. The van der Waals surface area contributed by atoms with Gasteiger partial charge in [0.1, 0.15) is 0 Å². The fourth-order valence-electron chi connectivity index (χ4n) is 9.85. The van der Waals surface area contributed by atoms with Crippen LogP contribution in [0, 0.1) is 0 Å². The number of fused-ring (bicyclic) bond motifs is 9. The van der Waals surface area contributed by atoms with Crippen molar-refractivity contribution in [3.05, 3.63) is 211 Å². The summed E-state index contributed by atoms with van der Waals surface area (Å²) >= 11 is 1.94. The van der Waals surface area contributed by atoms with Crippen molar-refractivity contribution in [2.75, 3.05) is 0 Å². The van der Waals surface area contributed by atoms with Crippen molar-refractivity contribution in [2.24, 2.45) is 0 Å². The van der Waals surface area contributed by atoms with Gasteiger partial charge in [-0.2, -0.15) is 0 Å². The van der Waals surface area contributed by atoms with Crippen molar-refractivity contribution in [1.29, 1.82) is 0 Å². The zero-order valence-corrected chi connectivity index (χ0v) is 32.1. The quantitative estimate of drug-likeness (QED) is 0.174. The van der Waals surface area contributed by atoms with Crippen LogP contribution in [0.3, 0.4) is 0 Å². The third-order valence-electron chi connectivity index (χ3n) is 12.4. The Bertz CT molecular complexity index is 3210. The van der Waals surface area contributed by atoms with Crippen LogP contribution in [0.25, 0.3) is 82.8 Å². The molecular formula is C55H37NS. The first kappa shape index (κ1) is 32.6. The Balaban J connectivity index is 0.980. The first-order chi connectivity index (χ1) is 28.3. The fraction of sp³-hybridized carbons (Fsp3) is 0.0545. The molecule has 1 aromatic heterocycles. The molecule has 0 bridgehead atoms. The maximum absolute atomic E-state index is 2.52. The van der Waals surface area contributed by atoms with E-state index in [9.17, 15) is 0 Å². The summed E-state index contributed by atoms with van der Waals surface area (Å²) in [5, 5.41) is 5.29. The van der Waals surface area contributed by atoms with E-state index in [1.165, 1.54) is 109 Å². The Hall–Kier alpha value is -6.61. The first-order valence-electron chi connectivity index (χ1n) is 20.0. The molecule has 57 heavy (non-hydrogen) atoms. The zero-order valence-electron chi connectivity index (χ0n) is 31.3. The number of nitrogens with zero attached hydrogens (tertiary/aromatic N) is 1. The Morgan fingerprint density at radius 3 is 2.04 bits per heavy atom. The second-order valence-corrected chi connectivity index (χ2v) is 16.6. The van der Waals surface area contributed by atoms with Crippen LogP contribution in [-0.2, 0) is 6.42 Å². The topological polar surface area (TPSA) is 4.93 Å². The molecule has 9 aromatic carbocycles. The normalized spacial score (nSPS) is 14.3. The Morgan fingerprint density at radius 1 is 0.439 bits per heavy atom. The van der Waals surface area contributed by atoms with Crippen LogP contribution in [0.4, 0.5) is 0 Å². The lowest BCUT2D eigenvalue weighted by molar-refractivity contribution is 0.725. The Kier molecular flexibility index (Phi) is 7.43. The van der Waals surface area contributed by atoms with Crippen molar-refractivity contribution in [3.8, 4) is 50.2 Å². The van der Waals surface area contributed by atoms with Gasteiger partial charge in [-0.05, 0) is 128 Å². The fourth-order valence-corrected chi connectivity index (χ4v) is 11.0. The van der Waals surface area contributed by atoms with Gasteiger partial charge in [0.05, 0.1) is 11.0 Å². The minimum absolute atomic E-state index is 0.374. The maximum atomic E-state index is 2.52. The lowest BCUT2D eigenvalue weighted by Gasteiger charge is -2.24. The molecular weight excluding hydrogens is 707 g/mol. The predicted octanol–water partition coefficient (Wildman–Crippen LogP) is 15.1. The third kappa shape index (κ3) is 5.18. The lowest BCUT2D eigenvalue weighted by Crippen LogP contribution is -2.01. The average Bonchev–Trinajstić information content (AvgIpc) is 3.51. The van der Waals surface area contributed by atoms with E-state index >= 15 is 0 Å². The number of para-hydroxylation sites is 1. The van der Waals surface area contributed by atoms with Gasteiger partial charge in [0, 0.05) is 37.6 Å². The number of aryl methyl sites for hydroxylation is 1. The van der Waals surface area contributed by atoms with E-state index in [2.05, 4.69) is 199 Å². The number of hydrogen-bond donors (Lipinski definition) is 0. The van der Waals surface area contributed by atoms with Crippen molar-refractivity contribution in [2.45, 2.75) is 28.6 Å². The summed E-state index contributed by atoms with van der Waals surface area (Å²) in [6.45, 7) is 0. The minimum Gasteiger partial charge on any atom is -0.309 e. The average molecular weight is 744 g/mol. The molecule has 0 saturated heterocycles. The standard InChI is InChI=1S/C55H37NS/c1-3-13-35(14-4-1)38-26-29-51-48(32-38)44-20-9-10-24-50(44)56(51)41-18-11-17-37(31-41)39-27-30-52-49(33-39)46-22-12-23-47-54-40(34-53(57-52)55(46)47)25-28-42(36-15-5-2-6-16-36)43-19-7-8-21-45(43)54/h1-24,26-27,29-34,42H,25,28H2. The molecule has 0 saturated carbocycles. The molecule has 2 heterocycles. The summed E-state index contributed by atoms with van der Waals surface area (Å²) in [6, 6.07) is 72.3. The second-order valence-electron chi connectivity index (χ2n) is 15.5. The van der Waals surface area contributed by atoms with Crippen molar-refractivity contribution in [3.63, 3.8) is 0 Å². The van der Waals surface area contributed by atoms with Crippen LogP contribution >= 0.6 is 11.8 Å². The second kappa shape index (κ2) is 13.0.